The van der Waals surface area contributed by atoms with Crippen LogP contribution in [-0.2, 0) is 14.3 Å². The van der Waals surface area contributed by atoms with E-state index in [-0.39, 0.29) is 5.97 Å². The Hall–Kier alpha value is -0.610. The van der Waals surface area contributed by atoms with Crippen LogP contribution in [0, 0.1) is 0 Å². The maximum atomic E-state index is 11.7. The number of esters is 1. The summed E-state index contributed by atoms with van der Waals surface area (Å²) in [5, 5.41) is 0. The molecule has 1 aliphatic rings. The van der Waals surface area contributed by atoms with Crippen molar-refractivity contribution >= 4 is 5.97 Å². The first-order chi connectivity index (χ1) is 13.8. The van der Waals surface area contributed by atoms with Crippen LogP contribution in [-0.4, -0.2) is 50.3 Å². The van der Waals surface area contributed by atoms with Crippen LogP contribution < -0.4 is 0 Å². The molecule has 1 heterocycles. The van der Waals surface area contributed by atoms with Crippen molar-refractivity contribution in [3.05, 3.63) is 0 Å². The number of nitrogens with zero attached hydrogens (tertiary/aromatic N) is 1. The molecule has 4 nitrogen and oxygen atoms in total. The Kier molecular flexibility index (Phi) is 16.7. The molecule has 0 saturated carbocycles. The number of rotatable bonds is 21. The van der Waals surface area contributed by atoms with Crippen LogP contribution in [0.15, 0.2) is 0 Å². The van der Waals surface area contributed by atoms with Crippen molar-refractivity contribution in [2.75, 3.05) is 33.4 Å². The van der Waals surface area contributed by atoms with Crippen LogP contribution in [0.4, 0.5) is 0 Å². The second-order valence-electron chi connectivity index (χ2n) is 8.49. The lowest BCUT2D eigenvalue weighted by Gasteiger charge is -2.15. The van der Waals surface area contributed by atoms with E-state index in [1.54, 1.807) is 0 Å². The van der Waals surface area contributed by atoms with Gasteiger partial charge >= 0.3 is 5.97 Å². The molecule has 1 aliphatic heterocycles. The summed E-state index contributed by atoms with van der Waals surface area (Å²) in [6.07, 6.45) is 19.8. The van der Waals surface area contributed by atoms with Gasteiger partial charge in [0.1, 0.15) is 0 Å². The summed E-state index contributed by atoms with van der Waals surface area (Å²) in [6, 6.07) is 0. The highest BCUT2D eigenvalue weighted by molar-refractivity contribution is 5.69. The second-order valence-corrected chi connectivity index (χ2v) is 8.49. The highest BCUT2D eigenvalue weighted by atomic mass is 16.5. The second kappa shape index (κ2) is 18.4. The van der Waals surface area contributed by atoms with Gasteiger partial charge in [0.05, 0.1) is 12.7 Å². The summed E-state index contributed by atoms with van der Waals surface area (Å²) in [6.45, 7) is 6.38. The van der Waals surface area contributed by atoms with E-state index in [1.807, 2.05) is 7.11 Å². The Morgan fingerprint density at radius 2 is 1.39 bits per heavy atom. The van der Waals surface area contributed by atoms with Crippen LogP contribution >= 0.6 is 0 Å². The average Bonchev–Trinajstić information content (AvgIpc) is 3.52. The van der Waals surface area contributed by atoms with E-state index in [4.69, 9.17) is 9.47 Å². The molecule has 0 aromatic carbocycles. The van der Waals surface area contributed by atoms with Crippen LogP contribution in [0.5, 0.6) is 0 Å². The van der Waals surface area contributed by atoms with Gasteiger partial charge < -0.3 is 14.4 Å². The summed E-state index contributed by atoms with van der Waals surface area (Å²) >= 11 is 0. The number of carbonyl (C=O) groups excluding carboxylic acids is 1. The van der Waals surface area contributed by atoms with Crippen molar-refractivity contribution in [2.45, 2.75) is 116 Å². The molecule has 0 aliphatic carbocycles. The van der Waals surface area contributed by atoms with Gasteiger partial charge in [-0.25, -0.2) is 0 Å². The summed E-state index contributed by atoms with van der Waals surface area (Å²) < 4.78 is 10.9. The zero-order valence-corrected chi connectivity index (χ0v) is 18.9. The Balaban J connectivity index is 1.80. The van der Waals surface area contributed by atoms with Crippen LogP contribution in [0.1, 0.15) is 110 Å². The predicted molar refractivity (Wildman–Crippen MR) is 118 cm³/mol. The molecule has 0 spiro atoms. The van der Waals surface area contributed by atoms with E-state index in [2.05, 4.69) is 11.8 Å². The van der Waals surface area contributed by atoms with Crippen molar-refractivity contribution in [1.82, 2.24) is 4.90 Å². The van der Waals surface area contributed by atoms with E-state index in [0.29, 0.717) is 19.1 Å². The van der Waals surface area contributed by atoms with E-state index in [1.165, 1.54) is 90.1 Å². The molecular weight excluding hydrogens is 350 g/mol. The minimum absolute atomic E-state index is 0.0107. The molecule has 0 radical (unpaired) electrons. The number of unbranched alkanes of at least 4 members (excludes halogenated alkanes) is 10. The van der Waals surface area contributed by atoms with Gasteiger partial charge in [0.25, 0.3) is 0 Å². The molecule has 0 aromatic heterocycles. The van der Waals surface area contributed by atoms with Crippen LogP contribution in [0.25, 0.3) is 0 Å². The molecule has 0 bridgehead atoms. The average molecular weight is 398 g/mol. The lowest BCUT2D eigenvalue weighted by Crippen LogP contribution is -2.10. The van der Waals surface area contributed by atoms with Crippen LogP contribution in [0.2, 0.25) is 0 Å². The third kappa shape index (κ3) is 16.4. The molecule has 1 rings (SSSR count). The highest BCUT2D eigenvalue weighted by Crippen LogP contribution is 2.16. The van der Waals surface area contributed by atoms with Gasteiger partial charge in [0, 0.05) is 33.2 Å². The maximum absolute atomic E-state index is 11.7. The predicted octanol–water partition coefficient (Wildman–Crippen LogP) is 6.12. The Bertz CT molecular complexity index is 358. The monoisotopic (exact) mass is 397 g/mol. The van der Waals surface area contributed by atoms with Gasteiger partial charge in [-0.3, -0.25) is 4.79 Å². The van der Waals surface area contributed by atoms with Gasteiger partial charge in [-0.1, -0.05) is 77.6 Å². The van der Waals surface area contributed by atoms with Gasteiger partial charge in [-0.15, -0.1) is 0 Å². The molecule has 166 valence electrons. The maximum Gasteiger partial charge on any atom is 0.305 e. The zero-order valence-electron chi connectivity index (χ0n) is 18.9. The first-order valence-corrected chi connectivity index (χ1v) is 12.2. The first kappa shape index (κ1) is 25.4. The summed E-state index contributed by atoms with van der Waals surface area (Å²) in [7, 11) is 1.87. The van der Waals surface area contributed by atoms with Crippen molar-refractivity contribution in [2.24, 2.45) is 0 Å². The normalized spacial score (nSPS) is 14.9. The molecule has 0 aromatic rings. The summed E-state index contributed by atoms with van der Waals surface area (Å²) in [5.74, 6) is -0.0107. The molecule has 1 unspecified atom stereocenters. The van der Waals surface area contributed by atoms with Crippen molar-refractivity contribution in [3.63, 3.8) is 0 Å². The molecule has 1 saturated heterocycles. The molecule has 4 heteroatoms. The number of carbonyl (C=O) groups is 1. The number of hydrogen-bond donors (Lipinski definition) is 0. The third-order valence-electron chi connectivity index (χ3n) is 5.79. The molecular formula is C24H47NO3. The van der Waals surface area contributed by atoms with Gasteiger partial charge in [0.2, 0.25) is 0 Å². The minimum atomic E-state index is -0.0107. The van der Waals surface area contributed by atoms with Gasteiger partial charge in [-0.05, 0) is 25.7 Å². The topological polar surface area (TPSA) is 38.5 Å². The van der Waals surface area contributed by atoms with Crippen molar-refractivity contribution in [1.29, 1.82) is 0 Å². The zero-order chi connectivity index (χ0) is 20.3. The third-order valence-corrected chi connectivity index (χ3v) is 5.79. The standard InChI is InChI=1S/C24H47NO3/c1-3-4-5-6-9-12-16-23(27-2)17-13-10-7-8-11-14-18-24(26)28-22-15-19-25-20-21-25/h23H,3-22H2,1-2H3. The summed E-state index contributed by atoms with van der Waals surface area (Å²) in [4.78, 5) is 14.0. The SMILES string of the molecule is CCCCCCCCC(CCCCCCCCC(=O)OCCCN1CC1)OC. The number of methoxy groups -OCH3 is 1. The minimum Gasteiger partial charge on any atom is -0.466 e. The molecule has 1 atom stereocenters. The van der Waals surface area contributed by atoms with Crippen molar-refractivity contribution in [3.8, 4) is 0 Å². The fourth-order valence-electron chi connectivity index (χ4n) is 3.72. The molecule has 0 N–H and O–H groups in total. The highest BCUT2D eigenvalue weighted by Gasteiger charge is 2.15. The number of hydrogen-bond acceptors (Lipinski definition) is 4. The summed E-state index contributed by atoms with van der Waals surface area (Å²) in [5.41, 5.74) is 0. The Morgan fingerprint density at radius 3 is 1.96 bits per heavy atom. The quantitative estimate of drug-likeness (QED) is 0.133. The van der Waals surface area contributed by atoms with Gasteiger partial charge in [0.15, 0.2) is 0 Å². The van der Waals surface area contributed by atoms with Gasteiger partial charge in [-0.2, -0.15) is 0 Å². The largest absolute Gasteiger partial charge is 0.466 e. The van der Waals surface area contributed by atoms with E-state index in [9.17, 15) is 4.79 Å². The Labute approximate surface area is 174 Å². The smallest absolute Gasteiger partial charge is 0.305 e. The molecule has 0 amide bonds. The lowest BCUT2D eigenvalue weighted by atomic mass is 10.0. The molecule has 28 heavy (non-hydrogen) atoms. The van der Waals surface area contributed by atoms with Crippen LogP contribution in [0.3, 0.4) is 0 Å². The Morgan fingerprint density at radius 1 is 0.821 bits per heavy atom. The fraction of sp³-hybridized carbons (Fsp3) is 0.958. The van der Waals surface area contributed by atoms with E-state index in [0.717, 1.165) is 25.8 Å². The first-order valence-electron chi connectivity index (χ1n) is 12.2. The van der Waals surface area contributed by atoms with Crippen molar-refractivity contribution < 1.29 is 14.3 Å². The lowest BCUT2D eigenvalue weighted by molar-refractivity contribution is -0.143. The number of ether oxygens (including phenoxy) is 2. The van der Waals surface area contributed by atoms with E-state index < -0.39 is 0 Å². The van der Waals surface area contributed by atoms with E-state index >= 15 is 0 Å². The molecule has 1 fully saturated rings. The fourth-order valence-corrected chi connectivity index (χ4v) is 3.72.